The number of benzene rings is 2. The number of ether oxygens (including phenoxy) is 1. The van der Waals surface area contributed by atoms with Gasteiger partial charge in [-0.1, -0.05) is 41.4 Å². The van der Waals surface area contributed by atoms with Crippen LogP contribution in [0.3, 0.4) is 0 Å². The fourth-order valence-corrected chi connectivity index (χ4v) is 7.83. The zero-order valence-electron chi connectivity index (χ0n) is 28.2. The molecule has 0 atom stereocenters. The number of amides is 1. The van der Waals surface area contributed by atoms with Crippen LogP contribution in [0.15, 0.2) is 42.5 Å². The number of alkyl halides is 3. The minimum absolute atomic E-state index is 0.116. The number of nitrogens with one attached hydrogen (secondary N) is 2. The van der Waals surface area contributed by atoms with Crippen molar-refractivity contribution in [3.05, 3.63) is 67.8 Å². The van der Waals surface area contributed by atoms with Crippen LogP contribution in [-0.2, 0) is 10.9 Å². The summed E-state index contributed by atoms with van der Waals surface area (Å²) in [6, 6.07) is 9.87. The molecule has 5 heterocycles. The van der Waals surface area contributed by atoms with Crippen molar-refractivity contribution in [2.75, 3.05) is 62.5 Å². The number of nitrogens with two attached hydrogens (primary N) is 2. The van der Waals surface area contributed by atoms with E-state index in [2.05, 4.69) is 30.6 Å². The second-order valence-corrected chi connectivity index (χ2v) is 14.3. The second kappa shape index (κ2) is 15.3. The van der Waals surface area contributed by atoms with Crippen molar-refractivity contribution in [1.29, 1.82) is 0 Å². The second-order valence-electron chi connectivity index (χ2n) is 11.5. The molecule has 1 saturated heterocycles. The Labute approximate surface area is 318 Å². The summed E-state index contributed by atoms with van der Waals surface area (Å²) in [6.07, 6.45) is -4.42. The lowest BCUT2D eigenvalue weighted by molar-refractivity contribution is -0.137. The molecule has 0 unspecified atom stereocenters. The van der Waals surface area contributed by atoms with Crippen LogP contribution in [-0.4, -0.2) is 76.9 Å². The lowest BCUT2D eigenvalue weighted by atomic mass is 10.1. The number of aromatic nitrogens is 4. The Bertz CT molecular complexity index is 2360. The number of nitrogen functional groups attached to an aromatic ring is 2. The number of hydrogen-bond acceptors (Lipinski definition) is 13. The molecule has 6 N–H and O–H groups in total. The van der Waals surface area contributed by atoms with Gasteiger partial charge < -0.3 is 31.7 Å². The molecule has 4 aromatic heterocycles. The van der Waals surface area contributed by atoms with Gasteiger partial charge in [0.1, 0.15) is 14.5 Å². The highest BCUT2D eigenvalue weighted by Gasteiger charge is 2.31. The predicted molar refractivity (Wildman–Crippen MR) is 205 cm³/mol. The standard InChI is InChI=1S/C18H17Cl2N5O2S.C16H13F3N4OS/c1-22-18-23-14(9-2-3-10(19)11(20)8-9)12-13(21)15(28-16(12)24-18)17(26)25-4-6-27-7-5-25;1-7(24)13-11(20)10-12(22-15(21-2)23-14(10)25-13)8-3-5-9(6-4-8)16(17,18)19/h2-3,8H,4-7,21H2,1H3,(H,22,23,24);3-6H,20H2,1-2H3,(H,21,22,23). The van der Waals surface area contributed by atoms with Gasteiger partial charge in [0.25, 0.3) is 5.91 Å². The summed E-state index contributed by atoms with van der Waals surface area (Å²) in [5, 5.41) is 7.72. The number of thiophene rings is 2. The van der Waals surface area contributed by atoms with E-state index in [0.717, 1.165) is 29.0 Å². The zero-order chi connectivity index (χ0) is 38.2. The number of Topliss-reactive ketones (excluding diaryl/α,β-unsaturated/α-hetero) is 1. The largest absolute Gasteiger partial charge is 0.416 e. The van der Waals surface area contributed by atoms with Gasteiger partial charge in [-0.2, -0.15) is 13.2 Å². The number of morpholine rings is 1. The van der Waals surface area contributed by atoms with Crippen LogP contribution in [0.1, 0.15) is 31.8 Å². The Balaban J connectivity index is 0.000000183. The van der Waals surface area contributed by atoms with Crippen molar-refractivity contribution < 1.29 is 27.5 Å². The zero-order valence-corrected chi connectivity index (χ0v) is 31.3. The van der Waals surface area contributed by atoms with Crippen LogP contribution >= 0.6 is 45.9 Å². The van der Waals surface area contributed by atoms with E-state index in [4.69, 9.17) is 39.4 Å². The van der Waals surface area contributed by atoms with E-state index in [1.54, 1.807) is 31.1 Å². The molecular formula is C34H30Cl2F3N9O3S2. The molecule has 276 valence electrons. The summed E-state index contributed by atoms with van der Waals surface area (Å²) >= 11 is 14.6. The van der Waals surface area contributed by atoms with Crippen molar-refractivity contribution in [3.8, 4) is 22.5 Å². The molecule has 1 aliphatic rings. The van der Waals surface area contributed by atoms with Crippen LogP contribution in [0.5, 0.6) is 0 Å². The minimum Gasteiger partial charge on any atom is -0.397 e. The number of carbonyl (C=O) groups excluding carboxylic acids is 2. The quantitative estimate of drug-likeness (QED) is 0.120. The minimum atomic E-state index is -4.42. The fourth-order valence-electron chi connectivity index (χ4n) is 5.48. The number of ketones is 1. The monoisotopic (exact) mass is 803 g/mol. The van der Waals surface area contributed by atoms with E-state index in [-0.39, 0.29) is 17.4 Å². The molecule has 1 fully saturated rings. The van der Waals surface area contributed by atoms with Crippen molar-refractivity contribution in [2.45, 2.75) is 13.1 Å². The molecule has 0 aliphatic carbocycles. The first-order valence-corrected chi connectivity index (χ1v) is 18.2. The summed E-state index contributed by atoms with van der Waals surface area (Å²) in [5.74, 6) is 0.402. The van der Waals surface area contributed by atoms with Gasteiger partial charge >= 0.3 is 6.18 Å². The first-order valence-electron chi connectivity index (χ1n) is 15.8. The summed E-state index contributed by atoms with van der Waals surface area (Å²) in [7, 11) is 3.36. The molecule has 1 aliphatic heterocycles. The lowest BCUT2D eigenvalue weighted by Crippen LogP contribution is -2.40. The Kier molecular flexibility index (Phi) is 10.9. The van der Waals surface area contributed by atoms with E-state index in [1.807, 2.05) is 6.07 Å². The van der Waals surface area contributed by atoms with Crippen LogP contribution in [0.2, 0.25) is 10.0 Å². The highest BCUT2D eigenvalue weighted by molar-refractivity contribution is 7.21. The van der Waals surface area contributed by atoms with E-state index < -0.39 is 11.7 Å². The molecule has 19 heteroatoms. The van der Waals surface area contributed by atoms with Crippen LogP contribution in [0.4, 0.5) is 36.4 Å². The summed E-state index contributed by atoms with van der Waals surface area (Å²) in [4.78, 5) is 46.1. The van der Waals surface area contributed by atoms with Gasteiger partial charge in [0, 0.05) is 45.2 Å². The third kappa shape index (κ3) is 7.66. The van der Waals surface area contributed by atoms with Gasteiger partial charge in [-0.15, -0.1) is 22.7 Å². The van der Waals surface area contributed by atoms with Crippen molar-refractivity contribution >= 4 is 101 Å². The highest BCUT2D eigenvalue weighted by atomic mass is 35.5. The maximum atomic E-state index is 13.0. The maximum Gasteiger partial charge on any atom is 0.416 e. The van der Waals surface area contributed by atoms with Gasteiger partial charge in [0.2, 0.25) is 11.9 Å². The number of rotatable bonds is 6. The van der Waals surface area contributed by atoms with Crippen molar-refractivity contribution in [3.63, 3.8) is 0 Å². The molecule has 0 saturated carbocycles. The van der Waals surface area contributed by atoms with E-state index in [1.165, 1.54) is 30.4 Å². The van der Waals surface area contributed by atoms with Crippen LogP contribution in [0, 0.1) is 0 Å². The lowest BCUT2D eigenvalue weighted by Gasteiger charge is -2.26. The topological polar surface area (TPSA) is 174 Å². The van der Waals surface area contributed by atoms with Crippen molar-refractivity contribution in [1.82, 2.24) is 24.8 Å². The van der Waals surface area contributed by atoms with Crippen molar-refractivity contribution in [2.24, 2.45) is 0 Å². The first-order chi connectivity index (χ1) is 25.2. The number of nitrogens with zero attached hydrogens (tertiary/aromatic N) is 5. The summed E-state index contributed by atoms with van der Waals surface area (Å²) < 4.78 is 43.6. The average molecular weight is 805 g/mol. The normalized spacial score (nSPS) is 13.2. The smallest absolute Gasteiger partial charge is 0.397 e. The molecule has 2 aromatic carbocycles. The van der Waals surface area contributed by atoms with Crippen LogP contribution in [0.25, 0.3) is 42.9 Å². The molecule has 0 spiro atoms. The first kappa shape index (κ1) is 37.9. The Morgan fingerprint density at radius 2 is 1.30 bits per heavy atom. The number of fused-ring (bicyclic) bond motifs is 2. The number of anilines is 4. The molecule has 12 nitrogen and oxygen atoms in total. The highest BCUT2D eigenvalue weighted by Crippen LogP contribution is 2.42. The fraction of sp³-hybridized carbons (Fsp3) is 0.235. The SMILES string of the molecule is CNc1nc(-c2ccc(C(F)(F)F)cc2)c2c(N)c(C(C)=O)sc2n1.CNc1nc(-c2ccc(Cl)c(Cl)c2)c2c(N)c(C(=O)N3CCOCC3)sc2n1. The molecule has 7 rings (SSSR count). The van der Waals surface area contributed by atoms with Gasteiger partial charge in [0.05, 0.1) is 67.2 Å². The number of carbonyl (C=O) groups is 2. The van der Waals surface area contributed by atoms with E-state index >= 15 is 0 Å². The molecule has 0 radical (unpaired) electrons. The Morgan fingerprint density at radius 3 is 1.81 bits per heavy atom. The third-order valence-electron chi connectivity index (χ3n) is 8.12. The van der Waals surface area contributed by atoms with Crippen LogP contribution < -0.4 is 22.1 Å². The number of halogens is 5. The van der Waals surface area contributed by atoms with Gasteiger partial charge in [-0.25, -0.2) is 19.9 Å². The Morgan fingerprint density at radius 1 is 0.792 bits per heavy atom. The molecule has 6 aromatic rings. The molecule has 53 heavy (non-hydrogen) atoms. The van der Waals surface area contributed by atoms with Gasteiger partial charge in [-0.3, -0.25) is 9.59 Å². The van der Waals surface area contributed by atoms with Gasteiger partial charge in [-0.05, 0) is 24.3 Å². The predicted octanol–water partition coefficient (Wildman–Crippen LogP) is 7.97. The van der Waals surface area contributed by atoms with E-state index in [9.17, 15) is 22.8 Å². The number of hydrogen-bond donors (Lipinski definition) is 4. The molecule has 0 bridgehead atoms. The van der Waals surface area contributed by atoms with E-state index in [0.29, 0.717) is 101 Å². The van der Waals surface area contributed by atoms with Gasteiger partial charge in [0.15, 0.2) is 5.78 Å². The summed E-state index contributed by atoms with van der Waals surface area (Å²) in [5.41, 5.74) is 14.5. The molecule has 1 amide bonds. The third-order valence-corrected chi connectivity index (χ3v) is 11.1. The molecular weight excluding hydrogens is 774 g/mol. The maximum absolute atomic E-state index is 13.0. The summed E-state index contributed by atoms with van der Waals surface area (Å²) in [6.45, 7) is 3.52. The average Bonchev–Trinajstić information content (AvgIpc) is 3.67. The Hall–Kier alpha value is -4.81.